The van der Waals surface area contributed by atoms with Crippen LogP contribution < -0.4 is 5.32 Å². The van der Waals surface area contributed by atoms with E-state index < -0.39 is 0 Å². The van der Waals surface area contributed by atoms with E-state index in [0.717, 1.165) is 5.56 Å². The minimum atomic E-state index is -0.250. The molecule has 0 spiro atoms. The molecule has 20 heavy (non-hydrogen) atoms. The molecule has 0 radical (unpaired) electrons. The van der Waals surface area contributed by atoms with Crippen molar-refractivity contribution in [1.82, 2.24) is 4.98 Å². The number of aryl methyl sites for hydroxylation is 1. The van der Waals surface area contributed by atoms with Crippen molar-refractivity contribution in [2.75, 3.05) is 5.32 Å². The maximum absolute atomic E-state index is 11.9. The highest BCUT2D eigenvalue weighted by atomic mass is 16.1. The first-order valence-corrected chi connectivity index (χ1v) is 6.42. The zero-order chi connectivity index (χ0) is 15.0. The Kier molecular flexibility index (Phi) is 5.92. The SMILES string of the molecule is CC.Cc1cncc(NC(=O)c2cccc(C#N)c2)c1. The standard InChI is InChI=1S/C14H11N3O.C2H6/c1-10-5-13(9-16-8-10)17-14(18)12-4-2-3-11(6-12)7-15;1-2/h2-6,8-9H,1H3,(H,17,18);1-2H3. The summed E-state index contributed by atoms with van der Waals surface area (Å²) in [4.78, 5) is 15.9. The van der Waals surface area contributed by atoms with Gasteiger partial charge in [-0.3, -0.25) is 9.78 Å². The molecule has 1 amide bonds. The molecular formula is C16H17N3O. The molecule has 0 aliphatic carbocycles. The normalized spacial score (nSPS) is 8.90. The Morgan fingerprint density at radius 2 is 2.00 bits per heavy atom. The highest BCUT2D eigenvalue weighted by Gasteiger charge is 2.06. The van der Waals surface area contributed by atoms with Gasteiger partial charge in [0.05, 0.1) is 23.5 Å². The molecule has 1 aromatic carbocycles. The molecule has 0 fully saturated rings. The molecule has 1 N–H and O–H groups in total. The smallest absolute Gasteiger partial charge is 0.255 e. The Balaban J connectivity index is 0.000000956. The number of carbonyl (C=O) groups excluding carboxylic acids is 1. The van der Waals surface area contributed by atoms with Crippen LogP contribution in [0.4, 0.5) is 5.69 Å². The molecule has 4 nitrogen and oxygen atoms in total. The van der Waals surface area contributed by atoms with Gasteiger partial charge in [-0.15, -0.1) is 0 Å². The Morgan fingerprint density at radius 3 is 2.65 bits per heavy atom. The van der Waals surface area contributed by atoms with Crippen molar-refractivity contribution < 1.29 is 4.79 Å². The van der Waals surface area contributed by atoms with Gasteiger partial charge < -0.3 is 5.32 Å². The van der Waals surface area contributed by atoms with E-state index in [1.165, 1.54) is 0 Å². The number of hydrogen-bond acceptors (Lipinski definition) is 3. The molecule has 0 atom stereocenters. The monoisotopic (exact) mass is 267 g/mol. The minimum absolute atomic E-state index is 0.250. The molecule has 0 saturated carbocycles. The number of rotatable bonds is 2. The van der Waals surface area contributed by atoms with Crippen molar-refractivity contribution in [1.29, 1.82) is 5.26 Å². The van der Waals surface area contributed by atoms with E-state index in [9.17, 15) is 4.79 Å². The number of nitrogens with one attached hydrogen (secondary N) is 1. The first kappa shape index (κ1) is 15.4. The summed E-state index contributed by atoms with van der Waals surface area (Å²) in [6, 6.07) is 10.4. The zero-order valence-corrected chi connectivity index (χ0v) is 11.8. The molecule has 4 heteroatoms. The third kappa shape index (κ3) is 4.21. The second kappa shape index (κ2) is 7.70. The van der Waals surface area contributed by atoms with Crippen molar-refractivity contribution in [3.05, 3.63) is 59.4 Å². The summed E-state index contributed by atoms with van der Waals surface area (Å²) >= 11 is 0. The van der Waals surface area contributed by atoms with E-state index in [-0.39, 0.29) is 5.91 Å². The average Bonchev–Trinajstić information content (AvgIpc) is 2.49. The lowest BCUT2D eigenvalue weighted by Gasteiger charge is -2.05. The highest BCUT2D eigenvalue weighted by Crippen LogP contribution is 2.10. The Bertz CT molecular complexity index is 630. The third-order valence-corrected chi connectivity index (χ3v) is 2.39. The molecule has 0 saturated heterocycles. The fraction of sp³-hybridized carbons (Fsp3) is 0.188. The van der Waals surface area contributed by atoms with Gasteiger partial charge >= 0.3 is 0 Å². The fourth-order valence-corrected chi connectivity index (χ4v) is 1.56. The molecule has 0 unspecified atom stereocenters. The van der Waals surface area contributed by atoms with E-state index in [1.54, 1.807) is 36.7 Å². The fourth-order valence-electron chi connectivity index (χ4n) is 1.56. The predicted octanol–water partition coefficient (Wildman–Crippen LogP) is 3.54. The summed E-state index contributed by atoms with van der Waals surface area (Å²) in [5, 5.41) is 11.5. The number of nitrogens with zero attached hydrogens (tertiary/aromatic N) is 2. The quantitative estimate of drug-likeness (QED) is 0.905. The van der Waals surface area contributed by atoms with Gasteiger partial charge in [0, 0.05) is 11.8 Å². The second-order valence-corrected chi connectivity index (χ2v) is 3.90. The van der Waals surface area contributed by atoms with Crippen LogP contribution in [0.25, 0.3) is 0 Å². The summed E-state index contributed by atoms with van der Waals surface area (Å²) in [5.41, 5.74) is 2.53. The van der Waals surface area contributed by atoms with Gasteiger partial charge in [-0.2, -0.15) is 5.26 Å². The van der Waals surface area contributed by atoms with Crippen LogP contribution in [0.1, 0.15) is 35.3 Å². The Labute approximate surface area is 119 Å². The lowest BCUT2D eigenvalue weighted by molar-refractivity contribution is 0.102. The van der Waals surface area contributed by atoms with Crippen LogP contribution in [-0.4, -0.2) is 10.9 Å². The lowest BCUT2D eigenvalue weighted by Crippen LogP contribution is -2.12. The van der Waals surface area contributed by atoms with Crippen molar-refractivity contribution in [2.45, 2.75) is 20.8 Å². The largest absolute Gasteiger partial charge is 0.321 e. The molecule has 2 aromatic rings. The van der Waals surface area contributed by atoms with E-state index in [0.29, 0.717) is 16.8 Å². The number of benzene rings is 1. The van der Waals surface area contributed by atoms with Crippen LogP contribution in [0.3, 0.4) is 0 Å². The Hall–Kier alpha value is -2.67. The van der Waals surface area contributed by atoms with Crippen molar-refractivity contribution in [3.63, 3.8) is 0 Å². The van der Waals surface area contributed by atoms with Gasteiger partial charge in [0.1, 0.15) is 0 Å². The molecule has 1 heterocycles. The van der Waals surface area contributed by atoms with E-state index in [4.69, 9.17) is 5.26 Å². The maximum Gasteiger partial charge on any atom is 0.255 e. The van der Waals surface area contributed by atoms with Gasteiger partial charge in [-0.1, -0.05) is 19.9 Å². The second-order valence-electron chi connectivity index (χ2n) is 3.90. The van der Waals surface area contributed by atoms with Gasteiger partial charge in [0.2, 0.25) is 0 Å². The van der Waals surface area contributed by atoms with Crippen LogP contribution in [0, 0.1) is 18.3 Å². The maximum atomic E-state index is 11.9. The zero-order valence-electron chi connectivity index (χ0n) is 11.8. The van der Waals surface area contributed by atoms with Crippen LogP contribution >= 0.6 is 0 Å². The summed E-state index contributed by atoms with van der Waals surface area (Å²) < 4.78 is 0. The highest BCUT2D eigenvalue weighted by molar-refractivity contribution is 6.04. The minimum Gasteiger partial charge on any atom is -0.321 e. The van der Waals surface area contributed by atoms with Crippen molar-refractivity contribution in [3.8, 4) is 6.07 Å². The van der Waals surface area contributed by atoms with Gasteiger partial charge in [-0.25, -0.2) is 0 Å². The number of pyridine rings is 1. The van der Waals surface area contributed by atoms with Gasteiger partial charge in [0.25, 0.3) is 5.91 Å². The van der Waals surface area contributed by atoms with E-state index in [1.807, 2.05) is 32.9 Å². The van der Waals surface area contributed by atoms with Crippen molar-refractivity contribution in [2.24, 2.45) is 0 Å². The summed E-state index contributed by atoms with van der Waals surface area (Å²) in [6.45, 7) is 5.90. The summed E-state index contributed by atoms with van der Waals surface area (Å²) in [5.74, 6) is -0.250. The number of aromatic nitrogens is 1. The van der Waals surface area contributed by atoms with E-state index >= 15 is 0 Å². The molecular weight excluding hydrogens is 250 g/mol. The predicted molar refractivity (Wildman–Crippen MR) is 79.4 cm³/mol. The third-order valence-electron chi connectivity index (χ3n) is 2.39. The molecule has 1 aromatic heterocycles. The van der Waals surface area contributed by atoms with Gasteiger partial charge in [0.15, 0.2) is 0 Å². The van der Waals surface area contributed by atoms with E-state index in [2.05, 4.69) is 10.3 Å². The number of nitriles is 1. The first-order chi connectivity index (χ1) is 9.69. The Morgan fingerprint density at radius 1 is 1.25 bits per heavy atom. The summed E-state index contributed by atoms with van der Waals surface area (Å²) in [7, 11) is 0. The lowest BCUT2D eigenvalue weighted by atomic mass is 10.1. The molecule has 102 valence electrons. The van der Waals surface area contributed by atoms with Crippen LogP contribution in [0.15, 0.2) is 42.7 Å². The van der Waals surface area contributed by atoms with Crippen LogP contribution in [0.2, 0.25) is 0 Å². The number of hydrogen-bond donors (Lipinski definition) is 1. The first-order valence-electron chi connectivity index (χ1n) is 6.42. The molecule has 2 rings (SSSR count). The topological polar surface area (TPSA) is 65.8 Å². The van der Waals surface area contributed by atoms with Crippen LogP contribution in [0.5, 0.6) is 0 Å². The molecule has 0 aliphatic rings. The summed E-state index contributed by atoms with van der Waals surface area (Å²) in [6.07, 6.45) is 3.30. The average molecular weight is 267 g/mol. The number of amides is 1. The number of anilines is 1. The molecule has 0 bridgehead atoms. The van der Waals surface area contributed by atoms with Gasteiger partial charge in [-0.05, 0) is 36.8 Å². The molecule has 0 aliphatic heterocycles. The number of carbonyl (C=O) groups is 1. The van der Waals surface area contributed by atoms with Crippen molar-refractivity contribution >= 4 is 11.6 Å². The van der Waals surface area contributed by atoms with Crippen LogP contribution in [-0.2, 0) is 0 Å².